The molecule has 3 rings (SSSR count). The lowest BCUT2D eigenvalue weighted by Crippen LogP contribution is -2.18. The van der Waals surface area contributed by atoms with Crippen LogP contribution in [-0.4, -0.2) is 33.4 Å². The quantitative estimate of drug-likeness (QED) is 0.526. The van der Waals surface area contributed by atoms with Gasteiger partial charge in [0.25, 0.3) is 0 Å². The number of halogens is 3. The number of hydrogen-bond acceptors (Lipinski definition) is 5. The number of ether oxygens (including phenoxy) is 1. The fourth-order valence-electron chi connectivity index (χ4n) is 3.06. The number of hydrogen-bond donors (Lipinski definition) is 2. The van der Waals surface area contributed by atoms with E-state index in [1.807, 2.05) is 0 Å². The minimum Gasteiger partial charge on any atom is -0.508 e. The van der Waals surface area contributed by atoms with Gasteiger partial charge >= 0.3 is 12.1 Å². The van der Waals surface area contributed by atoms with Crippen molar-refractivity contribution >= 4 is 17.6 Å². The summed E-state index contributed by atoms with van der Waals surface area (Å²) in [4.78, 5) is 24.0. The summed E-state index contributed by atoms with van der Waals surface area (Å²) in [5.74, 6) is -1.33. The first-order valence-electron chi connectivity index (χ1n) is 9.70. The van der Waals surface area contributed by atoms with Gasteiger partial charge in [0.1, 0.15) is 11.3 Å². The molecule has 3 aromatic rings. The largest absolute Gasteiger partial charge is 0.508 e. The second-order valence-corrected chi connectivity index (χ2v) is 6.76. The van der Waals surface area contributed by atoms with Crippen LogP contribution in [0.2, 0.25) is 0 Å². The number of rotatable bonds is 7. The van der Waals surface area contributed by atoms with Gasteiger partial charge < -0.3 is 15.2 Å². The third kappa shape index (κ3) is 5.26. The van der Waals surface area contributed by atoms with Crippen molar-refractivity contribution in [3.05, 3.63) is 71.5 Å². The lowest BCUT2D eigenvalue weighted by Gasteiger charge is -2.13. The third-order valence-corrected chi connectivity index (χ3v) is 4.54. The van der Waals surface area contributed by atoms with E-state index in [1.165, 1.54) is 37.3 Å². The molecule has 0 bridgehead atoms. The van der Waals surface area contributed by atoms with Gasteiger partial charge in [0, 0.05) is 12.1 Å². The molecule has 0 spiro atoms. The second-order valence-electron chi connectivity index (χ2n) is 6.76. The van der Waals surface area contributed by atoms with Gasteiger partial charge in [-0.3, -0.25) is 4.79 Å². The molecule has 0 aliphatic carbocycles. The number of anilines is 1. The van der Waals surface area contributed by atoms with E-state index < -0.39 is 23.4 Å². The van der Waals surface area contributed by atoms with Crippen LogP contribution in [0.25, 0.3) is 5.69 Å². The van der Waals surface area contributed by atoms with Gasteiger partial charge in [0.15, 0.2) is 5.69 Å². The summed E-state index contributed by atoms with van der Waals surface area (Å²) in [5.41, 5.74) is -0.854. The van der Waals surface area contributed by atoms with Crippen LogP contribution in [0.4, 0.5) is 18.9 Å². The highest BCUT2D eigenvalue weighted by Gasteiger charge is 2.41. The van der Waals surface area contributed by atoms with E-state index in [1.54, 1.807) is 18.2 Å². The van der Waals surface area contributed by atoms with Crippen molar-refractivity contribution in [3.63, 3.8) is 0 Å². The van der Waals surface area contributed by atoms with Gasteiger partial charge in [-0.15, -0.1) is 0 Å². The van der Waals surface area contributed by atoms with E-state index >= 15 is 0 Å². The molecule has 0 saturated heterocycles. The Morgan fingerprint density at radius 3 is 2.44 bits per heavy atom. The number of benzene rings is 2. The molecule has 32 heavy (non-hydrogen) atoms. The Labute approximate surface area is 181 Å². The number of carbonyl (C=O) groups is 2. The number of phenols is 1. The zero-order valence-electron chi connectivity index (χ0n) is 17.0. The number of alkyl halides is 3. The third-order valence-electron chi connectivity index (χ3n) is 4.54. The Kier molecular flexibility index (Phi) is 6.82. The number of aryl methyl sites for hydroxylation is 1. The minimum absolute atomic E-state index is 0.0556. The molecule has 7 nitrogen and oxygen atoms in total. The van der Waals surface area contributed by atoms with E-state index in [2.05, 4.69) is 15.2 Å². The number of aromatic nitrogens is 2. The number of aromatic hydroxyl groups is 1. The second kappa shape index (κ2) is 9.54. The van der Waals surface area contributed by atoms with Crippen LogP contribution in [0.1, 0.15) is 35.0 Å². The van der Waals surface area contributed by atoms with Crippen molar-refractivity contribution in [2.75, 3.05) is 11.9 Å². The molecule has 0 atom stereocenters. The molecule has 0 unspecified atom stereocenters. The SMILES string of the molecule is CCOC(=O)c1cnn(-c2ccc(NC(=O)CCc3ccccc3O)cc2)c1C(F)(F)F. The summed E-state index contributed by atoms with van der Waals surface area (Å²) in [5, 5.41) is 16.1. The number of nitrogens with zero attached hydrogens (tertiary/aromatic N) is 2. The Morgan fingerprint density at radius 2 is 1.81 bits per heavy atom. The standard InChI is InChI=1S/C22H20F3N3O4/c1-2-32-21(31)17-13-26-28(20(17)22(23,24)25)16-10-8-15(9-11-16)27-19(30)12-7-14-5-3-4-6-18(14)29/h3-6,8-11,13,29H,2,7,12H2,1H3,(H,27,30). The van der Waals surface area contributed by atoms with Gasteiger partial charge in [-0.05, 0) is 49.2 Å². The summed E-state index contributed by atoms with van der Waals surface area (Å²) >= 11 is 0. The van der Waals surface area contributed by atoms with E-state index in [4.69, 9.17) is 0 Å². The van der Waals surface area contributed by atoms with E-state index in [0.29, 0.717) is 22.4 Å². The highest BCUT2D eigenvalue weighted by molar-refractivity contribution is 5.91. The van der Waals surface area contributed by atoms with Gasteiger partial charge in [-0.2, -0.15) is 18.3 Å². The van der Waals surface area contributed by atoms with Crippen LogP contribution >= 0.6 is 0 Å². The summed E-state index contributed by atoms with van der Waals surface area (Å²) in [6.07, 6.45) is -3.58. The number of amides is 1. The fraction of sp³-hybridized carbons (Fsp3) is 0.227. The van der Waals surface area contributed by atoms with E-state index in [9.17, 15) is 27.9 Å². The maximum absolute atomic E-state index is 13.6. The fourth-order valence-corrected chi connectivity index (χ4v) is 3.06. The number of phenolic OH excluding ortho intramolecular Hbond substituents is 1. The van der Waals surface area contributed by atoms with Gasteiger partial charge in [0.2, 0.25) is 5.91 Å². The van der Waals surface area contributed by atoms with Crippen LogP contribution in [0.15, 0.2) is 54.7 Å². The molecule has 10 heteroatoms. The summed E-state index contributed by atoms with van der Waals surface area (Å²) in [6, 6.07) is 12.2. The highest BCUT2D eigenvalue weighted by Crippen LogP contribution is 2.34. The zero-order chi connectivity index (χ0) is 23.3. The molecule has 0 aliphatic rings. The monoisotopic (exact) mass is 447 g/mol. The average molecular weight is 447 g/mol. The van der Waals surface area contributed by atoms with Crippen LogP contribution in [0.5, 0.6) is 5.75 Å². The van der Waals surface area contributed by atoms with Crippen molar-refractivity contribution < 1.29 is 32.6 Å². The topological polar surface area (TPSA) is 93.5 Å². The molecule has 2 aromatic carbocycles. The van der Waals surface area contributed by atoms with Crippen LogP contribution < -0.4 is 5.32 Å². The minimum atomic E-state index is -4.84. The average Bonchev–Trinajstić information content (AvgIpc) is 3.20. The maximum atomic E-state index is 13.6. The van der Waals surface area contributed by atoms with Crippen LogP contribution in [0, 0.1) is 0 Å². The first-order valence-corrected chi connectivity index (χ1v) is 9.70. The molecule has 0 fully saturated rings. The number of carbonyl (C=O) groups excluding carboxylic acids is 2. The Bertz CT molecular complexity index is 1110. The molecule has 168 valence electrons. The number of para-hydroxylation sites is 1. The Hall–Kier alpha value is -3.82. The summed E-state index contributed by atoms with van der Waals surface area (Å²) < 4.78 is 46.1. The maximum Gasteiger partial charge on any atom is 0.434 e. The normalized spacial score (nSPS) is 11.2. The smallest absolute Gasteiger partial charge is 0.434 e. The van der Waals surface area contributed by atoms with Crippen molar-refractivity contribution in [2.45, 2.75) is 25.9 Å². The van der Waals surface area contributed by atoms with Crippen LogP contribution in [-0.2, 0) is 22.1 Å². The molecular weight excluding hydrogens is 427 g/mol. The molecule has 1 amide bonds. The number of nitrogens with one attached hydrogen (secondary N) is 1. The highest BCUT2D eigenvalue weighted by atomic mass is 19.4. The molecule has 2 N–H and O–H groups in total. The summed E-state index contributed by atoms with van der Waals surface area (Å²) in [6.45, 7) is 1.42. The lowest BCUT2D eigenvalue weighted by molar-refractivity contribution is -0.143. The van der Waals surface area contributed by atoms with Crippen molar-refractivity contribution in [3.8, 4) is 11.4 Å². The zero-order valence-corrected chi connectivity index (χ0v) is 17.0. The molecule has 0 radical (unpaired) electrons. The van der Waals surface area contributed by atoms with Crippen molar-refractivity contribution in [1.29, 1.82) is 0 Å². The first-order chi connectivity index (χ1) is 15.2. The Morgan fingerprint density at radius 1 is 1.12 bits per heavy atom. The van der Waals surface area contributed by atoms with Gasteiger partial charge in [-0.25, -0.2) is 9.48 Å². The predicted octanol–water partition coefficient (Wildman–Crippen LogP) is 4.34. The molecular formula is C22H20F3N3O4. The Balaban J connectivity index is 1.73. The number of esters is 1. The summed E-state index contributed by atoms with van der Waals surface area (Å²) in [7, 11) is 0. The lowest BCUT2D eigenvalue weighted by atomic mass is 10.1. The van der Waals surface area contributed by atoms with Crippen molar-refractivity contribution in [1.82, 2.24) is 9.78 Å². The molecule has 1 aromatic heterocycles. The first kappa shape index (κ1) is 22.9. The van der Waals surface area contributed by atoms with E-state index in [0.717, 1.165) is 6.20 Å². The predicted molar refractivity (Wildman–Crippen MR) is 110 cm³/mol. The van der Waals surface area contributed by atoms with Gasteiger partial charge in [-0.1, -0.05) is 18.2 Å². The van der Waals surface area contributed by atoms with Crippen molar-refractivity contribution in [2.24, 2.45) is 0 Å². The van der Waals surface area contributed by atoms with E-state index in [-0.39, 0.29) is 30.4 Å². The van der Waals surface area contributed by atoms with Gasteiger partial charge in [0.05, 0.1) is 18.5 Å². The molecule has 0 aliphatic heterocycles. The molecule has 1 heterocycles. The molecule has 0 saturated carbocycles. The van der Waals surface area contributed by atoms with Crippen LogP contribution in [0.3, 0.4) is 0 Å².